The molecule has 1 aromatic heterocycles. The minimum absolute atomic E-state index is 0.326. The molecule has 0 aliphatic carbocycles. The molecular formula is C15H10ClNO2S2. The molecule has 0 saturated carbocycles. The maximum absolute atomic E-state index is 12.4. The Kier molecular flexibility index (Phi) is 3.89. The molecule has 2 heterocycles. The van der Waals surface area contributed by atoms with Gasteiger partial charge in [-0.25, -0.2) is 4.90 Å². The number of thioether (sulfide) groups is 1. The number of carbonyl (C=O) groups is 2. The van der Waals surface area contributed by atoms with E-state index in [4.69, 9.17) is 11.6 Å². The zero-order chi connectivity index (χ0) is 15.0. The largest absolute Gasteiger partial charge is 0.298 e. The monoisotopic (exact) mass is 335 g/mol. The van der Waals surface area contributed by atoms with Crippen molar-refractivity contribution >= 4 is 57.6 Å². The first-order chi connectivity index (χ1) is 10.1. The van der Waals surface area contributed by atoms with E-state index < -0.39 is 0 Å². The molecule has 0 bridgehead atoms. The molecule has 3 rings (SSSR count). The molecule has 0 spiro atoms. The highest BCUT2D eigenvalue weighted by molar-refractivity contribution is 8.19. The average molecular weight is 336 g/mol. The summed E-state index contributed by atoms with van der Waals surface area (Å²) in [5.74, 6) is -0.329. The molecule has 106 valence electrons. The van der Waals surface area contributed by atoms with Gasteiger partial charge in [-0.3, -0.25) is 9.59 Å². The molecule has 2 aromatic rings. The van der Waals surface area contributed by atoms with Crippen molar-refractivity contribution in [3.05, 3.63) is 56.1 Å². The Bertz CT molecular complexity index is 767. The van der Waals surface area contributed by atoms with E-state index in [0.29, 0.717) is 15.6 Å². The lowest BCUT2D eigenvalue weighted by atomic mass is 10.3. The first-order valence-corrected chi connectivity index (χ1v) is 8.16. The zero-order valence-electron chi connectivity index (χ0n) is 11.0. The van der Waals surface area contributed by atoms with E-state index >= 15 is 0 Å². The van der Waals surface area contributed by atoms with Gasteiger partial charge >= 0.3 is 0 Å². The van der Waals surface area contributed by atoms with Gasteiger partial charge in [0.05, 0.1) is 15.6 Å². The summed E-state index contributed by atoms with van der Waals surface area (Å²) in [5, 5.41) is 0.0562. The topological polar surface area (TPSA) is 37.4 Å². The number of nitrogens with zero attached hydrogens (tertiary/aromatic N) is 1. The molecule has 1 aliphatic heterocycles. The SMILES string of the molecule is Cc1ccc(/C=C2/SC(=O)N(c3ccccc3Cl)C2=O)s1. The van der Waals surface area contributed by atoms with E-state index in [9.17, 15) is 9.59 Å². The molecule has 1 aromatic carbocycles. The highest BCUT2D eigenvalue weighted by Gasteiger charge is 2.37. The Hall–Kier alpha value is -1.56. The molecular weight excluding hydrogens is 326 g/mol. The number of thiophene rings is 1. The van der Waals surface area contributed by atoms with Crippen LogP contribution < -0.4 is 4.90 Å². The van der Waals surface area contributed by atoms with E-state index in [1.165, 1.54) is 0 Å². The van der Waals surface area contributed by atoms with E-state index in [1.807, 2.05) is 19.1 Å². The van der Waals surface area contributed by atoms with Crippen molar-refractivity contribution in [2.75, 3.05) is 4.90 Å². The summed E-state index contributed by atoms with van der Waals surface area (Å²) in [6, 6.07) is 10.7. The molecule has 6 heteroatoms. The van der Waals surface area contributed by atoms with Crippen molar-refractivity contribution < 1.29 is 9.59 Å². The lowest BCUT2D eigenvalue weighted by Gasteiger charge is -2.13. The van der Waals surface area contributed by atoms with Crippen molar-refractivity contribution in [2.45, 2.75) is 6.92 Å². The second-order valence-corrected chi connectivity index (χ2v) is 7.14. The number of hydrogen-bond acceptors (Lipinski definition) is 4. The predicted octanol–water partition coefficient (Wildman–Crippen LogP) is 4.95. The maximum Gasteiger partial charge on any atom is 0.298 e. The smallest absolute Gasteiger partial charge is 0.268 e. The summed E-state index contributed by atoms with van der Waals surface area (Å²) in [5.41, 5.74) is 0.424. The number of imide groups is 1. The number of rotatable bonds is 2. The van der Waals surface area contributed by atoms with Gasteiger partial charge in [-0.05, 0) is 49.0 Å². The second kappa shape index (κ2) is 5.67. The molecule has 0 atom stereocenters. The number of aryl methyl sites for hydroxylation is 1. The third-order valence-electron chi connectivity index (χ3n) is 2.92. The van der Waals surface area contributed by atoms with Crippen molar-refractivity contribution in [3.63, 3.8) is 0 Å². The molecule has 0 N–H and O–H groups in total. The van der Waals surface area contributed by atoms with Crippen LogP contribution in [-0.2, 0) is 4.79 Å². The number of hydrogen-bond donors (Lipinski definition) is 0. The Balaban J connectivity index is 1.96. The summed E-state index contributed by atoms with van der Waals surface area (Å²) >= 11 is 8.59. The number of halogens is 1. The van der Waals surface area contributed by atoms with Crippen LogP contribution in [0.1, 0.15) is 9.75 Å². The van der Waals surface area contributed by atoms with Gasteiger partial charge in [-0.2, -0.15) is 0 Å². The second-order valence-electron chi connectivity index (χ2n) is 4.42. The number of para-hydroxylation sites is 1. The molecule has 1 aliphatic rings. The average Bonchev–Trinajstić information content (AvgIpc) is 2.96. The summed E-state index contributed by atoms with van der Waals surface area (Å²) in [6.07, 6.45) is 1.75. The highest BCUT2D eigenvalue weighted by atomic mass is 35.5. The standard InChI is InChI=1S/C15H10ClNO2S2/c1-9-6-7-10(20-9)8-13-14(18)17(15(19)21-13)12-5-3-2-4-11(12)16/h2-8H,1H3/b13-8+. The molecule has 1 fully saturated rings. The molecule has 3 nitrogen and oxygen atoms in total. The molecule has 2 amide bonds. The summed E-state index contributed by atoms with van der Waals surface area (Å²) in [4.78, 5) is 28.2. The van der Waals surface area contributed by atoms with Gasteiger partial charge in [0.25, 0.3) is 11.1 Å². The van der Waals surface area contributed by atoms with Crippen LogP contribution in [0.15, 0.2) is 41.3 Å². The van der Waals surface area contributed by atoms with Gasteiger partial charge in [0, 0.05) is 9.75 Å². The van der Waals surface area contributed by atoms with Gasteiger partial charge in [0.15, 0.2) is 0 Å². The van der Waals surface area contributed by atoms with Crippen LogP contribution in [0.4, 0.5) is 10.5 Å². The van der Waals surface area contributed by atoms with Crippen LogP contribution in [0.3, 0.4) is 0 Å². The van der Waals surface area contributed by atoms with Crippen LogP contribution in [-0.4, -0.2) is 11.1 Å². The highest BCUT2D eigenvalue weighted by Crippen LogP contribution is 2.38. The van der Waals surface area contributed by atoms with Crippen LogP contribution in [0.2, 0.25) is 5.02 Å². The molecule has 0 radical (unpaired) electrons. The van der Waals surface area contributed by atoms with Crippen molar-refractivity contribution in [1.82, 2.24) is 0 Å². The molecule has 21 heavy (non-hydrogen) atoms. The lowest BCUT2D eigenvalue weighted by molar-refractivity contribution is -0.113. The van der Waals surface area contributed by atoms with Crippen LogP contribution >= 0.6 is 34.7 Å². The van der Waals surface area contributed by atoms with Crippen molar-refractivity contribution in [3.8, 4) is 0 Å². The van der Waals surface area contributed by atoms with Gasteiger partial charge < -0.3 is 0 Å². The van der Waals surface area contributed by atoms with Gasteiger partial charge in [0.2, 0.25) is 0 Å². The van der Waals surface area contributed by atoms with Gasteiger partial charge in [-0.1, -0.05) is 23.7 Å². The van der Waals surface area contributed by atoms with Crippen molar-refractivity contribution in [1.29, 1.82) is 0 Å². The number of carbonyl (C=O) groups excluding carboxylic acids is 2. The van der Waals surface area contributed by atoms with E-state index in [1.54, 1.807) is 41.7 Å². The maximum atomic E-state index is 12.4. The first kappa shape index (κ1) is 14.4. The van der Waals surface area contributed by atoms with Crippen molar-refractivity contribution in [2.24, 2.45) is 0 Å². The number of amides is 2. The van der Waals surface area contributed by atoms with E-state index in [-0.39, 0.29) is 11.1 Å². The predicted molar refractivity (Wildman–Crippen MR) is 89.0 cm³/mol. The first-order valence-electron chi connectivity index (χ1n) is 6.15. The Morgan fingerprint density at radius 2 is 1.90 bits per heavy atom. The fourth-order valence-corrected chi connectivity index (χ4v) is 3.91. The molecule has 1 saturated heterocycles. The minimum Gasteiger partial charge on any atom is -0.268 e. The summed E-state index contributed by atoms with van der Waals surface area (Å²) < 4.78 is 0. The fourth-order valence-electron chi connectivity index (χ4n) is 1.97. The Morgan fingerprint density at radius 1 is 1.14 bits per heavy atom. The van der Waals surface area contributed by atoms with Gasteiger partial charge in [-0.15, -0.1) is 11.3 Å². The normalized spacial score (nSPS) is 17.0. The van der Waals surface area contributed by atoms with Crippen LogP contribution in [0.25, 0.3) is 6.08 Å². The summed E-state index contributed by atoms with van der Waals surface area (Å²) in [6.45, 7) is 2.00. The lowest BCUT2D eigenvalue weighted by Crippen LogP contribution is -2.27. The van der Waals surface area contributed by atoms with Crippen LogP contribution in [0.5, 0.6) is 0 Å². The third kappa shape index (κ3) is 2.77. The quantitative estimate of drug-likeness (QED) is 0.728. The third-order valence-corrected chi connectivity index (χ3v) is 5.06. The van der Waals surface area contributed by atoms with E-state index in [2.05, 4.69) is 0 Å². The summed E-state index contributed by atoms with van der Waals surface area (Å²) in [7, 11) is 0. The van der Waals surface area contributed by atoms with E-state index in [0.717, 1.165) is 26.4 Å². The molecule has 0 unspecified atom stereocenters. The fraction of sp³-hybridized carbons (Fsp3) is 0.0667. The van der Waals surface area contributed by atoms with Crippen LogP contribution in [0, 0.1) is 6.92 Å². The number of benzene rings is 1. The Labute approximate surface area is 135 Å². The minimum atomic E-state index is -0.329. The number of anilines is 1. The Morgan fingerprint density at radius 3 is 2.57 bits per heavy atom. The van der Waals surface area contributed by atoms with Gasteiger partial charge in [0.1, 0.15) is 0 Å². The zero-order valence-corrected chi connectivity index (χ0v) is 13.4.